The lowest BCUT2D eigenvalue weighted by Gasteiger charge is -2.15. The maximum absolute atomic E-state index is 13.3. The number of halogens is 6. The number of aryl methyl sites for hydroxylation is 2. The van der Waals surface area contributed by atoms with E-state index >= 15 is 0 Å². The van der Waals surface area contributed by atoms with Crippen LogP contribution in [0.5, 0.6) is 0 Å². The van der Waals surface area contributed by atoms with E-state index in [-0.39, 0.29) is 23.6 Å². The summed E-state index contributed by atoms with van der Waals surface area (Å²) in [6, 6.07) is 12.3. The van der Waals surface area contributed by atoms with Gasteiger partial charge in [0, 0.05) is 12.0 Å². The molecule has 1 heterocycles. The summed E-state index contributed by atoms with van der Waals surface area (Å²) in [5.41, 5.74) is -0.998. The van der Waals surface area contributed by atoms with E-state index in [1.165, 1.54) is 12.1 Å². The highest BCUT2D eigenvalue weighted by Crippen LogP contribution is 2.37. The monoisotopic (exact) mass is 513 g/mol. The number of aromatic nitrogens is 2. The maximum atomic E-state index is 13.3. The Kier molecular flexibility index (Phi) is 6.14. The summed E-state index contributed by atoms with van der Waals surface area (Å²) in [5, 5.41) is 5.29. The quantitative estimate of drug-likeness (QED) is 0.336. The summed E-state index contributed by atoms with van der Waals surface area (Å²) < 4.78 is 103. The summed E-state index contributed by atoms with van der Waals surface area (Å²) in [6.07, 6.45) is -10.00. The zero-order chi connectivity index (χ0) is 25.6. The summed E-state index contributed by atoms with van der Waals surface area (Å²) in [6.45, 7) is 0. The van der Waals surface area contributed by atoms with Gasteiger partial charge in [-0.25, -0.2) is 18.5 Å². The van der Waals surface area contributed by atoms with Crippen molar-refractivity contribution in [2.24, 2.45) is 5.14 Å². The van der Waals surface area contributed by atoms with Gasteiger partial charge in [-0.3, -0.25) is 0 Å². The fraction of sp³-hybridized carbons (Fsp3) is 0.174. The molecule has 12 heteroatoms. The van der Waals surface area contributed by atoms with E-state index in [0.29, 0.717) is 40.4 Å². The molecule has 4 rings (SSSR count). The third kappa shape index (κ3) is 5.33. The summed E-state index contributed by atoms with van der Waals surface area (Å²) in [7, 11) is -4.00. The molecule has 1 aromatic heterocycles. The Morgan fingerprint density at radius 1 is 0.857 bits per heavy atom. The second kappa shape index (κ2) is 8.68. The fourth-order valence-corrected chi connectivity index (χ4v) is 4.57. The van der Waals surface area contributed by atoms with Crippen LogP contribution in [-0.4, -0.2) is 18.4 Å². The molecule has 0 aliphatic rings. The molecular weight excluding hydrogens is 496 g/mol. The van der Waals surface area contributed by atoms with Gasteiger partial charge in [-0.15, -0.1) is 0 Å². The van der Waals surface area contributed by atoms with Crippen molar-refractivity contribution < 1.29 is 34.8 Å². The first-order valence-corrected chi connectivity index (χ1v) is 11.7. The number of fused-ring (bicyclic) bond motifs is 1. The number of rotatable bonds is 5. The number of imidazole rings is 1. The van der Waals surface area contributed by atoms with E-state index in [4.69, 9.17) is 5.14 Å². The number of nitrogens with zero attached hydrogens (tertiary/aromatic N) is 1. The lowest BCUT2D eigenvalue weighted by atomic mass is 9.99. The first kappa shape index (κ1) is 24.7. The predicted octanol–water partition coefficient (Wildman–Crippen LogP) is 5.70. The van der Waals surface area contributed by atoms with Gasteiger partial charge in [-0.1, -0.05) is 24.3 Å². The van der Waals surface area contributed by atoms with Crippen LogP contribution in [0.2, 0.25) is 0 Å². The molecule has 5 nitrogen and oxygen atoms in total. The average molecular weight is 513 g/mol. The number of aromatic amines is 1. The van der Waals surface area contributed by atoms with Gasteiger partial charge in [0.1, 0.15) is 5.82 Å². The van der Waals surface area contributed by atoms with Crippen LogP contribution in [0.3, 0.4) is 0 Å². The molecule has 35 heavy (non-hydrogen) atoms. The van der Waals surface area contributed by atoms with Gasteiger partial charge in [-0.2, -0.15) is 26.3 Å². The molecule has 0 unspecified atom stereocenters. The number of benzene rings is 3. The molecule has 0 saturated heterocycles. The molecule has 4 aromatic rings. The van der Waals surface area contributed by atoms with Crippen LogP contribution in [-0.2, 0) is 35.2 Å². The standard InChI is InChI=1S/C23H17F6N3O2S/c24-22(25,26)15-7-8-17(23(27,28)29)14(11-15)6-10-21-31-18-9-5-13(12-19(18)32-21)16-3-1-2-4-20(16)35(30,33)34/h1-5,7-9,11-12H,6,10H2,(H,31,32)(H2,30,33,34). The number of hydrogen-bond acceptors (Lipinski definition) is 3. The molecule has 0 saturated carbocycles. The van der Waals surface area contributed by atoms with Crippen LogP contribution in [0.1, 0.15) is 22.5 Å². The molecule has 0 aliphatic heterocycles. The van der Waals surface area contributed by atoms with Gasteiger partial charge in [0.25, 0.3) is 0 Å². The van der Waals surface area contributed by atoms with Gasteiger partial charge < -0.3 is 4.98 Å². The molecular formula is C23H17F6N3O2S. The second-order valence-electron chi connectivity index (χ2n) is 7.82. The van der Waals surface area contributed by atoms with Gasteiger partial charge in [0.05, 0.1) is 27.1 Å². The van der Waals surface area contributed by atoms with E-state index in [1.807, 2.05) is 0 Å². The van der Waals surface area contributed by atoms with Crippen LogP contribution in [0, 0.1) is 0 Å². The Morgan fingerprint density at radius 3 is 2.23 bits per heavy atom. The molecule has 3 aromatic carbocycles. The summed E-state index contributed by atoms with van der Waals surface area (Å²) in [5.74, 6) is 0.266. The minimum atomic E-state index is -4.81. The highest BCUT2D eigenvalue weighted by molar-refractivity contribution is 7.89. The largest absolute Gasteiger partial charge is 0.416 e. The third-order valence-corrected chi connectivity index (χ3v) is 6.37. The average Bonchev–Trinajstić information content (AvgIpc) is 3.18. The Hall–Kier alpha value is -3.38. The minimum absolute atomic E-state index is 0.0803. The zero-order valence-electron chi connectivity index (χ0n) is 17.7. The Labute approximate surface area is 195 Å². The maximum Gasteiger partial charge on any atom is 0.416 e. The minimum Gasteiger partial charge on any atom is -0.342 e. The number of hydrogen-bond donors (Lipinski definition) is 2. The summed E-state index contributed by atoms with van der Waals surface area (Å²) >= 11 is 0. The number of alkyl halides is 6. The van der Waals surface area contributed by atoms with E-state index in [1.54, 1.807) is 30.3 Å². The number of nitrogens with two attached hydrogens (primary N) is 1. The Bertz CT molecular complexity index is 1510. The molecule has 0 bridgehead atoms. The van der Waals surface area contributed by atoms with Gasteiger partial charge in [-0.05, 0) is 53.9 Å². The van der Waals surface area contributed by atoms with Crippen molar-refractivity contribution in [1.29, 1.82) is 0 Å². The molecule has 0 radical (unpaired) electrons. The van der Waals surface area contributed by atoms with E-state index in [2.05, 4.69) is 9.97 Å². The molecule has 0 spiro atoms. The summed E-state index contributed by atoms with van der Waals surface area (Å²) in [4.78, 5) is 7.16. The molecule has 0 fully saturated rings. The van der Waals surface area contributed by atoms with E-state index in [9.17, 15) is 34.8 Å². The fourth-order valence-electron chi connectivity index (χ4n) is 3.81. The van der Waals surface area contributed by atoms with Crippen LogP contribution in [0.15, 0.2) is 65.6 Å². The highest BCUT2D eigenvalue weighted by atomic mass is 32.2. The van der Waals surface area contributed by atoms with Crippen molar-refractivity contribution in [2.75, 3.05) is 0 Å². The SMILES string of the molecule is NS(=O)(=O)c1ccccc1-c1ccc2nc(CCc3cc(C(F)(F)F)ccc3C(F)(F)F)[nH]c2c1. The van der Waals surface area contributed by atoms with Crippen molar-refractivity contribution in [3.8, 4) is 11.1 Å². The van der Waals surface area contributed by atoms with Crippen molar-refractivity contribution in [3.05, 3.63) is 83.2 Å². The second-order valence-corrected chi connectivity index (χ2v) is 9.35. The third-order valence-electron chi connectivity index (χ3n) is 5.40. The van der Waals surface area contributed by atoms with Crippen molar-refractivity contribution >= 4 is 21.1 Å². The van der Waals surface area contributed by atoms with Crippen LogP contribution < -0.4 is 5.14 Å². The molecule has 0 aliphatic carbocycles. The van der Waals surface area contributed by atoms with Gasteiger partial charge >= 0.3 is 12.4 Å². The molecule has 0 atom stereocenters. The lowest BCUT2D eigenvalue weighted by Crippen LogP contribution is -2.13. The van der Waals surface area contributed by atoms with Crippen LogP contribution >= 0.6 is 0 Å². The van der Waals surface area contributed by atoms with Crippen molar-refractivity contribution in [1.82, 2.24) is 9.97 Å². The molecule has 3 N–H and O–H groups in total. The lowest BCUT2D eigenvalue weighted by molar-refractivity contribution is -0.141. The smallest absolute Gasteiger partial charge is 0.342 e. The molecule has 184 valence electrons. The zero-order valence-corrected chi connectivity index (χ0v) is 18.5. The Balaban J connectivity index is 1.66. The van der Waals surface area contributed by atoms with Crippen LogP contribution in [0.4, 0.5) is 26.3 Å². The van der Waals surface area contributed by atoms with Gasteiger partial charge in [0.2, 0.25) is 10.0 Å². The first-order chi connectivity index (χ1) is 16.2. The first-order valence-electron chi connectivity index (χ1n) is 10.1. The number of sulfonamides is 1. The van der Waals surface area contributed by atoms with Crippen LogP contribution in [0.25, 0.3) is 22.2 Å². The topological polar surface area (TPSA) is 88.8 Å². The molecule has 0 amide bonds. The highest BCUT2D eigenvalue weighted by Gasteiger charge is 2.36. The van der Waals surface area contributed by atoms with Crippen molar-refractivity contribution in [3.63, 3.8) is 0 Å². The van der Waals surface area contributed by atoms with E-state index in [0.717, 1.165) is 0 Å². The normalized spacial score (nSPS) is 12.9. The number of H-pyrrole nitrogens is 1. The number of primary sulfonamides is 1. The predicted molar refractivity (Wildman–Crippen MR) is 117 cm³/mol. The number of nitrogens with one attached hydrogen (secondary N) is 1. The van der Waals surface area contributed by atoms with Crippen molar-refractivity contribution in [2.45, 2.75) is 30.1 Å². The van der Waals surface area contributed by atoms with E-state index < -0.39 is 39.1 Å². The van der Waals surface area contributed by atoms with Gasteiger partial charge in [0.15, 0.2) is 0 Å². The Morgan fingerprint density at radius 2 is 1.57 bits per heavy atom.